The molecule has 0 N–H and O–H groups in total. The highest BCUT2D eigenvalue weighted by molar-refractivity contribution is 5.34. The third-order valence-corrected chi connectivity index (χ3v) is 4.74. The first-order valence-electron chi connectivity index (χ1n) is 6.33. The van der Waals surface area contributed by atoms with Crippen molar-refractivity contribution in [2.75, 3.05) is 0 Å². The van der Waals surface area contributed by atoms with Crippen molar-refractivity contribution in [1.82, 2.24) is 0 Å². The molecule has 1 nitrogen and oxygen atoms in total. The van der Waals surface area contributed by atoms with Gasteiger partial charge in [-0.25, -0.2) is 0 Å². The summed E-state index contributed by atoms with van der Waals surface area (Å²) in [5, 5.41) is 0. The zero-order valence-corrected chi connectivity index (χ0v) is 10.5. The van der Waals surface area contributed by atoms with E-state index in [0.29, 0.717) is 5.41 Å². The minimum absolute atomic E-state index is 0.441. The van der Waals surface area contributed by atoms with Crippen molar-refractivity contribution in [1.29, 1.82) is 0 Å². The van der Waals surface area contributed by atoms with E-state index in [1.54, 1.807) is 5.57 Å². The van der Waals surface area contributed by atoms with Crippen LogP contribution in [0.5, 0.6) is 0 Å². The van der Waals surface area contributed by atoms with Crippen LogP contribution in [0.15, 0.2) is 22.3 Å². The van der Waals surface area contributed by atoms with E-state index in [-0.39, 0.29) is 0 Å². The SMILES string of the molecule is CC1=CCCC2(C)Cc3occ(C)c3CC12. The molecule has 16 heavy (non-hydrogen) atoms. The van der Waals surface area contributed by atoms with Gasteiger partial charge < -0.3 is 4.42 Å². The van der Waals surface area contributed by atoms with Crippen LogP contribution in [-0.2, 0) is 12.8 Å². The summed E-state index contributed by atoms with van der Waals surface area (Å²) in [4.78, 5) is 0. The van der Waals surface area contributed by atoms with Crippen LogP contribution >= 0.6 is 0 Å². The van der Waals surface area contributed by atoms with Crippen LogP contribution in [-0.4, -0.2) is 0 Å². The topological polar surface area (TPSA) is 13.1 Å². The molecule has 1 heterocycles. The third kappa shape index (κ3) is 1.30. The molecule has 1 aromatic heterocycles. The number of fused-ring (bicyclic) bond motifs is 2. The molecule has 0 saturated heterocycles. The third-order valence-electron chi connectivity index (χ3n) is 4.74. The molecule has 0 amide bonds. The summed E-state index contributed by atoms with van der Waals surface area (Å²) in [6.45, 7) is 6.92. The summed E-state index contributed by atoms with van der Waals surface area (Å²) in [5.41, 5.74) is 4.86. The Morgan fingerprint density at radius 3 is 3.00 bits per heavy atom. The average Bonchev–Trinajstić information content (AvgIpc) is 2.57. The summed E-state index contributed by atoms with van der Waals surface area (Å²) in [7, 11) is 0. The van der Waals surface area contributed by atoms with E-state index in [0.717, 1.165) is 12.3 Å². The number of furan rings is 1. The average molecular weight is 216 g/mol. The van der Waals surface area contributed by atoms with Crippen LogP contribution in [0.3, 0.4) is 0 Å². The summed E-state index contributed by atoms with van der Waals surface area (Å²) < 4.78 is 5.72. The predicted molar refractivity (Wildman–Crippen MR) is 65.4 cm³/mol. The van der Waals surface area contributed by atoms with Gasteiger partial charge in [-0.2, -0.15) is 0 Å². The zero-order valence-electron chi connectivity index (χ0n) is 10.5. The maximum atomic E-state index is 5.72. The van der Waals surface area contributed by atoms with Crippen LogP contribution < -0.4 is 0 Å². The lowest BCUT2D eigenvalue weighted by molar-refractivity contribution is 0.157. The fourth-order valence-electron chi connectivity index (χ4n) is 3.63. The Morgan fingerprint density at radius 2 is 2.19 bits per heavy atom. The molecule has 0 spiro atoms. The number of aryl methyl sites for hydroxylation is 1. The molecule has 0 fully saturated rings. The van der Waals surface area contributed by atoms with Gasteiger partial charge in [0.1, 0.15) is 5.76 Å². The molecule has 86 valence electrons. The van der Waals surface area contributed by atoms with Crippen molar-refractivity contribution in [3.63, 3.8) is 0 Å². The molecule has 0 radical (unpaired) electrons. The fourth-order valence-corrected chi connectivity index (χ4v) is 3.63. The van der Waals surface area contributed by atoms with Gasteiger partial charge in [-0.1, -0.05) is 18.6 Å². The van der Waals surface area contributed by atoms with E-state index in [1.165, 1.54) is 36.1 Å². The minimum atomic E-state index is 0.441. The molecular weight excluding hydrogens is 196 g/mol. The zero-order chi connectivity index (χ0) is 11.3. The largest absolute Gasteiger partial charge is 0.469 e. The fraction of sp³-hybridized carbons (Fsp3) is 0.600. The van der Waals surface area contributed by atoms with Crippen LogP contribution in [0.25, 0.3) is 0 Å². The van der Waals surface area contributed by atoms with Gasteiger partial charge in [0, 0.05) is 6.42 Å². The van der Waals surface area contributed by atoms with Gasteiger partial charge in [0.05, 0.1) is 6.26 Å². The Morgan fingerprint density at radius 1 is 1.38 bits per heavy atom. The number of hydrogen-bond acceptors (Lipinski definition) is 1. The van der Waals surface area contributed by atoms with Crippen molar-refractivity contribution in [3.05, 3.63) is 34.8 Å². The van der Waals surface area contributed by atoms with E-state index in [9.17, 15) is 0 Å². The van der Waals surface area contributed by atoms with Crippen molar-refractivity contribution in [2.45, 2.75) is 46.5 Å². The van der Waals surface area contributed by atoms with Crippen LogP contribution in [0.4, 0.5) is 0 Å². The highest BCUT2D eigenvalue weighted by Crippen LogP contribution is 2.49. The standard InChI is InChI=1S/C15H20O/c1-10-5-4-6-15(3)8-14-12(7-13(10)15)11(2)9-16-14/h5,9,13H,4,6-8H2,1-3H3. The molecule has 0 aliphatic heterocycles. The number of allylic oxidation sites excluding steroid dienone is 2. The molecule has 1 aromatic rings. The molecule has 2 atom stereocenters. The second-order valence-corrected chi connectivity index (χ2v) is 5.89. The Kier molecular flexibility index (Phi) is 2.07. The maximum absolute atomic E-state index is 5.72. The van der Waals surface area contributed by atoms with Crippen LogP contribution in [0, 0.1) is 18.3 Å². The van der Waals surface area contributed by atoms with Gasteiger partial charge >= 0.3 is 0 Å². The first-order chi connectivity index (χ1) is 7.60. The lowest BCUT2D eigenvalue weighted by Gasteiger charge is -2.44. The van der Waals surface area contributed by atoms with Crippen LogP contribution in [0.1, 0.15) is 43.6 Å². The Hall–Kier alpha value is -0.980. The summed E-state index contributed by atoms with van der Waals surface area (Å²) in [6.07, 6.45) is 9.25. The molecule has 2 unspecified atom stereocenters. The smallest absolute Gasteiger partial charge is 0.107 e. The van der Waals surface area contributed by atoms with E-state index < -0.39 is 0 Å². The minimum Gasteiger partial charge on any atom is -0.469 e. The van der Waals surface area contributed by atoms with E-state index in [2.05, 4.69) is 26.8 Å². The van der Waals surface area contributed by atoms with Crippen molar-refractivity contribution < 1.29 is 4.42 Å². The molecule has 0 bridgehead atoms. The summed E-state index contributed by atoms with van der Waals surface area (Å²) in [6, 6.07) is 0. The lowest BCUT2D eigenvalue weighted by Crippen LogP contribution is -2.37. The van der Waals surface area contributed by atoms with E-state index in [4.69, 9.17) is 4.42 Å². The monoisotopic (exact) mass is 216 g/mol. The van der Waals surface area contributed by atoms with Gasteiger partial charge in [-0.05, 0) is 55.6 Å². The second kappa shape index (κ2) is 3.26. The predicted octanol–water partition coefficient (Wildman–Crippen LogP) is 4.05. The number of hydrogen-bond donors (Lipinski definition) is 0. The molecule has 0 saturated carbocycles. The van der Waals surface area contributed by atoms with Crippen molar-refractivity contribution in [3.8, 4) is 0 Å². The van der Waals surface area contributed by atoms with Gasteiger partial charge in [0.2, 0.25) is 0 Å². The molecule has 3 rings (SSSR count). The summed E-state index contributed by atoms with van der Waals surface area (Å²) in [5.74, 6) is 2.00. The van der Waals surface area contributed by atoms with Crippen molar-refractivity contribution in [2.24, 2.45) is 11.3 Å². The lowest BCUT2D eigenvalue weighted by atomic mass is 9.60. The van der Waals surface area contributed by atoms with Gasteiger partial charge in [0.15, 0.2) is 0 Å². The maximum Gasteiger partial charge on any atom is 0.107 e. The highest BCUT2D eigenvalue weighted by atomic mass is 16.3. The summed E-state index contributed by atoms with van der Waals surface area (Å²) >= 11 is 0. The van der Waals surface area contributed by atoms with E-state index >= 15 is 0 Å². The Labute approximate surface area is 97.5 Å². The van der Waals surface area contributed by atoms with E-state index in [1.807, 2.05) is 6.26 Å². The van der Waals surface area contributed by atoms with Gasteiger partial charge in [-0.15, -0.1) is 0 Å². The second-order valence-electron chi connectivity index (χ2n) is 5.89. The molecular formula is C15H20O. The Balaban J connectivity index is 2.06. The van der Waals surface area contributed by atoms with Crippen LogP contribution in [0.2, 0.25) is 0 Å². The Bertz CT molecular complexity index is 452. The van der Waals surface area contributed by atoms with Gasteiger partial charge in [-0.3, -0.25) is 0 Å². The quantitative estimate of drug-likeness (QED) is 0.596. The van der Waals surface area contributed by atoms with Crippen molar-refractivity contribution >= 4 is 0 Å². The number of rotatable bonds is 0. The van der Waals surface area contributed by atoms with Gasteiger partial charge in [0.25, 0.3) is 0 Å². The first-order valence-corrected chi connectivity index (χ1v) is 6.33. The normalized spacial score (nSPS) is 32.9. The molecule has 2 aliphatic carbocycles. The molecule has 1 heteroatoms. The molecule has 2 aliphatic rings. The highest BCUT2D eigenvalue weighted by Gasteiger charge is 2.42. The molecule has 0 aromatic carbocycles. The first kappa shape index (κ1) is 10.2.